The summed E-state index contributed by atoms with van der Waals surface area (Å²) in [4.78, 5) is 15.5. The standard InChI is InChI=1S/C27H28ClNO5/c1-31-23-10-5-17(14-24(23)32-2)13-22-21-16-26(34-4)25(33-3)15-19(21)11-12-29(22)27(30)18-6-8-20(28)9-7-18/h5-10,14-16,22H,11-13H2,1-4H3. The molecule has 0 spiro atoms. The second-order valence-electron chi connectivity index (χ2n) is 8.07. The van der Waals surface area contributed by atoms with Crippen LogP contribution in [0.4, 0.5) is 0 Å². The molecule has 1 amide bonds. The van der Waals surface area contributed by atoms with Crippen molar-refractivity contribution in [2.24, 2.45) is 0 Å². The van der Waals surface area contributed by atoms with Gasteiger partial charge in [0, 0.05) is 17.1 Å². The number of benzene rings is 3. The van der Waals surface area contributed by atoms with Crippen LogP contribution in [0.2, 0.25) is 5.02 Å². The van der Waals surface area contributed by atoms with Crippen molar-refractivity contribution in [3.8, 4) is 23.0 Å². The van der Waals surface area contributed by atoms with Gasteiger partial charge in [-0.25, -0.2) is 0 Å². The first-order chi connectivity index (χ1) is 16.5. The average molecular weight is 482 g/mol. The molecule has 0 bridgehead atoms. The van der Waals surface area contributed by atoms with Crippen molar-refractivity contribution >= 4 is 17.5 Å². The molecule has 6 nitrogen and oxygen atoms in total. The lowest BCUT2D eigenvalue weighted by Gasteiger charge is -2.38. The molecule has 1 aliphatic heterocycles. The van der Waals surface area contributed by atoms with E-state index in [2.05, 4.69) is 0 Å². The predicted molar refractivity (Wildman–Crippen MR) is 132 cm³/mol. The van der Waals surface area contributed by atoms with Crippen molar-refractivity contribution in [2.45, 2.75) is 18.9 Å². The van der Waals surface area contributed by atoms with Crippen molar-refractivity contribution in [3.63, 3.8) is 0 Å². The van der Waals surface area contributed by atoms with Crippen LogP contribution in [0.5, 0.6) is 23.0 Å². The summed E-state index contributed by atoms with van der Waals surface area (Å²) in [5.41, 5.74) is 3.81. The first-order valence-electron chi connectivity index (χ1n) is 11.0. The van der Waals surface area contributed by atoms with Crippen LogP contribution < -0.4 is 18.9 Å². The fraction of sp³-hybridized carbons (Fsp3) is 0.296. The molecule has 0 saturated carbocycles. The molecule has 1 unspecified atom stereocenters. The SMILES string of the molecule is COc1ccc(CC2c3cc(OC)c(OC)cc3CCN2C(=O)c2ccc(Cl)cc2)cc1OC. The van der Waals surface area contributed by atoms with E-state index in [0.29, 0.717) is 46.5 Å². The van der Waals surface area contributed by atoms with Crippen molar-refractivity contribution in [2.75, 3.05) is 35.0 Å². The third-order valence-corrected chi connectivity index (χ3v) is 6.48. The van der Waals surface area contributed by atoms with Crippen molar-refractivity contribution in [1.29, 1.82) is 0 Å². The van der Waals surface area contributed by atoms with Gasteiger partial charge in [0.1, 0.15) is 0 Å². The van der Waals surface area contributed by atoms with Crippen LogP contribution in [0.25, 0.3) is 0 Å². The molecule has 1 atom stereocenters. The van der Waals surface area contributed by atoms with Gasteiger partial charge in [0.25, 0.3) is 5.91 Å². The van der Waals surface area contributed by atoms with Gasteiger partial charge in [0.05, 0.1) is 34.5 Å². The highest BCUT2D eigenvalue weighted by Gasteiger charge is 2.33. The molecule has 0 aromatic heterocycles. The van der Waals surface area contributed by atoms with E-state index in [1.165, 1.54) is 0 Å². The molecule has 0 radical (unpaired) electrons. The molecule has 3 aromatic rings. The minimum Gasteiger partial charge on any atom is -0.493 e. The van der Waals surface area contributed by atoms with Crippen LogP contribution in [0.1, 0.15) is 33.1 Å². The van der Waals surface area contributed by atoms with Gasteiger partial charge in [-0.1, -0.05) is 17.7 Å². The second kappa shape index (κ2) is 10.3. The summed E-state index contributed by atoms with van der Waals surface area (Å²) >= 11 is 6.05. The van der Waals surface area contributed by atoms with E-state index in [1.807, 2.05) is 35.2 Å². The zero-order valence-electron chi connectivity index (χ0n) is 19.8. The number of methoxy groups -OCH3 is 4. The topological polar surface area (TPSA) is 57.2 Å². The van der Waals surface area contributed by atoms with Crippen LogP contribution in [-0.2, 0) is 12.8 Å². The summed E-state index contributed by atoms with van der Waals surface area (Å²) < 4.78 is 22.0. The van der Waals surface area contributed by atoms with E-state index < -0.39 is 0 Å². The number of ether oxygens (including phenoxy) is 4. The lowest BCUT2D eigenvalue weighted by molar-refractivity contribution is 0.0659. The number of amides is 1. The Morgan fingerprint density at radius 2 is 1.47 bits per heavy atom. The van der Waals surface area contributed by atoms with Crippen LogP contribution >= 0.6 is 11.6 Å². The van der Waals surface area contributed by atoms with Crippen molar-refractivity contribution in [1.82, 2.24) is 4.90 Å². The maximum absolute atomic E-state index is 13.6. The van der Waals surface area contributed by atoms with Crippen LogP contribution in [-0.4, -0.2) is 45.8 Å². The molecule has 7 heteroatoms. The largest absolute Gasteiger partial charge is 0.493 e. The molecule has 0 saturated heterocycles. The lowest BCUT2D eigenvalue weighted by Crippen LogP contribution is -2.41. The first-order valence-corrected chi connectivity index (χ1v) is 11.4. The van der Waals surface area contributed by atoms with E-state index >= 15 is 0 Å². The Hall–Kier alpha value is -3.38. The molecule has 4 rings (SSSR count). The Bertz CT molecular complexity index is 1180. The summed E-state index contributed by atoms with van der Waals surface area (Å²) in [6.45, 7) is 0.585. The zero-order valence-corrected chi connectivity index (χ0v) is 20.5. The van der Waals surface area contributed by atoms with Gasteiger partial charge < -0.3 is 23.8 Å². The third-order valence-electron chi connectivity index (χ3n) is 6.23. The van der Waals surface area contributed by atoms with Gasteiger partial charge in [-0.05, 0) is 78.1 Å². The Kier molecular flexibility index (Phi) is 7.17. The normalized spacial score (nSPS) is 14.9. The second-order valence-corrected chi connectivity index (χ2v) is 8.51. The molecule has 34 heavy (non-hydrogen) atoms. The number of carbonyl (C=O) groups excluding carboxylic acids is 1. The van der Waals surface area contributed by atoms with Gasteiger partial charge in [-0.2, -0.15) is 0 Å². The van der Waals surface area contributed by atoms with Crippen LogP contribution in [0.3, 0.4) is 0 Å². The van der Waals surface area contributed by atoms with Crippen molar-refractivity contribution in [3.05, 3.63) is 81.9 Å². The molecular weight excluding hydrogens is 454 g/mol. The molecule has 1 aliphatic rings. The number of carbonyl (C=O) groups is 1. The highest BCUT2D eigenvalue weighted by molar-refractivity contribution is 6.30. The summed E-state index contributed by atoms with van der Waals surface area (Å²) in [6.07, 6.45) is 1.32. The Labute approximate surface area is 205 Å². The number of halogens is 1. The molecule has 0 aliphatic carbocycles. The highest BCUT2D eigenvalue weighted by Crippen LogP contribution is 2.41. The number of nitrogens with zero attached hydrogens (tertiary/aromatic N) is 1. The quantitative estimate of drug-likeness (QED) is 0.455. The van der Waals surface area contributed by atoms with E-state index in [0.717, 1.165) is 23.1 Å². The molecule has 3 aromatic carbocycles. The number of fused-ring (bicyclic) bond motifs is 1. The lowest BCUT2D eigenvalue weighted by atomic mass is 9.87. The Morgan fingerprint density at radius 3 is 2.12 bits per heavy atom. The fourth-order valence-electron chi connectivity index (χ4n) is 4.48. The first kappa shape index (κ1) is 23.8. The molecule has 0 N–H and O–H groups in total. The predicted octanol–water partition coefficient (Wildman–Crippen LogP) is 5.36. The van der Waals surface area contributed by atoms with Gasteiger partial charge in [-0.15, -0.1) is 0 Å². The summed E-state index contributed by atoms with van der Waals surface area (Å²) in [6, 6.07) is 16.7. The maximum Gasteiger partial charge on any atom is 0.254 e. The van der Waals surface area contributed by atoms with Gasteiger partial charge in [0.15, 0.2) is 23.0 Å². The van der Waals surface area contributed by atoms with E-state index in [4.69, 9.17) is 30.5 Å². The van der Waals surface area contributed by atoms with Gasteiger partial charge in [0.2, 0.25) is 0 Å². The average Bonchev–Trinajstić information content (AvgIpc) is 2.87. The minimum absolute atomic E-state index is 0.0393. The summed E-state index contributed by atoms with van der Waals surface area (Å²) in [5, 5.41) is 0.597. The van der Waals surface area contributed by atoms with Crippen molar-refractivity contribution < 1.29 is 23.7 Å². The monoisotopic (exact) mass is 481 g/mol. The number of hydrogen-bond donors (Lipinski definition) is 0. The summed E-state index contributed by atoms with van der Waals surface area (Å²) in [7, 11) is 6.48. The number of rotatable bonds is 7. The maximum atomic E-state index is 13.6. The van der Waals surface area contributed by atoms with E-state index in [-0.39, 0.29) is 11.9 Å². The molecular formula is C27H28ClNO5. The Morgan fingerprint density at radius 1 is 0.853 bits per heavy atom. The Balaban J connectivity index is 1.78. The highest BCUT2D eigenvalue weighted by atomic mass is 35.5. The van der Waals surface area contributed by atoms with Crippen LogP contribution in [0, 0.1) is 0 Å². The molecule has 1 heterocycles. The van der Waals surface area contributed by atoms with Crippen LogP contribution in [0.15, 0.2) is 54.6 Å². The fourth-order valence-corrected chi connectivity index (χ4v) is 4.61. The van der Waals surface area contributed by atoms with E-state index in [1.54, 1.807) is 52.7 Å². The smallest absolute Gasteiger partial charge is 0.254 e. The van der Waals surface area contributed by atoms with E-state index in [9.17, 15) is 4.79 Å². The molecule has 178 valence electrons. The van der Waals surface area contributed by atoms with Gasteiger partial charge in [-0.3, -0.25) is 4.79 Å². The third kappa shape index (κ3) is 4.64. The summed E-state index contributed by atoms with van der Waals surface area (Å²) in [5.74, 6) is 2.60. The minimum atomic E-state index is -0.204. The zero-order chi connectivity index (χ0) is 24.2. The number of hydrogen-bond acceptors (Lipinski definition) is 5. The van der Waals surface area contributed by atoms with Gasteiger partial charge >= 0.3 is 0 Å². The molecule has 0 fully saturated rings.